The normalized spacial score (nSPS) is 22.1. The Bertz CT molecular complexity index is 168. The Morgan fingerprint density at radius 3 is 2.57 bits per heavy atom. The first-order chi connectivity index (χ1) is 6.73. The average Bonchev–Trinajstić information content (AvgIpc) is 2.61. The molecule has 1 nitrogen and oxygen atoms in total. The van der Waals surface area contributed by atoms with Crippen molar-refractivity contribution in [1.29, 1.82) is 0 Å². The molecule has 0 aromatic heterocycles. The van der Waals surface area contributed by atoms with E-state index in [1.165, 1.54) is 38.5 Å². The standard InChI is InChI=1S/C13H25N/c1-4-5-6-9-12(14-3)13(2)10-7-8-11-13/h4,12,14H,1,5-11H2,2-3H3. The number of nitrogens with one attached hydrogen (secondary N) is 1. The van der Waals surface area contributed by atoms with Crippen LogP contribution in [0.4, 0.5) is 0 Å². The summed E-state index contributed by atoms with van der Waals surface area (Å²) in [6, 6.07) is 0.713. The fourth-order valence-electron chi connectivity index (χ4n) is 2.84. The lowest BCUT2D eigenvalue weighted by molar-refractivity contribution is 0.217. The number of allylic oxidation sites excluding steroid dienone is 1. The van der Waals surface area contributed by atoms with Crippen LogP contribution in [0.1, 0.15) is 51.9 Å². The molecule has 1 rings (SSSR count). The fourth-order valence-corrected chi connectivity index (χ4v) is 2.84. The maximum atomic E-state index is 3.78. The Hall–Kier alpha value is -0.300. The smallest absolute Gasteiger partial charge is 0.0118 e. The van der Waals surface area contributed by atoms with Crippen molar-refractivity contribution < 1.29 is 0 Å². The van der Waals surface area contributed by atoms with Gasteiger partial charge in [-0.25, -0.2) is 0 Å². The summed E-state index contributed by atoms with van der Waals surface area (Å²) < 4.78 is 0. The topological polar surface area (TPSA) is 12.0 Å². The molecule has 1 heteroatoms. The van der Waals surface area contributed by atoms with E-state index in [2.05, 4.69) is 25.9 Å². The van der Waals surface area contributed by atoms with Gasteiger partial charge in [-0.1, -0.05) is 25.8 Å². The highest BCUT2D eigenvalue weighted by Crippen LogP contribution is 2.41. The third kappa shape index (κ3) is 2.84. The molecule has 0 aromatic carbocycles. The molecule has 1 unspecified atom stereocenters. The molecule has 1 N–H and O–H groups in total. The second-order valence-corrected chi connectivity index (χ2v) is 4.92. The van der Waals surface area contributed by atoms with Crippen LogP contribution in [0.3, 0.4) is 0 Å². The van der Waals surface area contributed by atoms with Gasteiger partial charge < -0.3 is 5.32 Å². The van der Waals surface area contributed by atoms with Gasteiger partial charge in [0.1, 0.15) is 0 Å². The third-order valence-electron chi connectivity index (χ3n) is 3.84. The fraction of sp³-hybridized carbons (Fsp3) is 0.846. The van der Waals surface area contributed by atoms with Gasteiger partial charge in [0.2, 0.25) is 0 Å². The molecule has 1 saturated carbocycles. The lowest BCUT2D eigenvalue weighted by Crippen LogP contribution is -2.40. The molecule has 0 aromatic rings. The van der Waals surface area contributed by atoms with Crippen molar-refractivity contribution in [2.45, 2.75) is 57.9 Å². The van der Waals surface area contributed by atoms with Crippen LogP contribution >= 0.6 is 0 Å². The quantitative estimate of drug-likeness (QED) is 0.505. The van der Waals surface area contributed by atoms with E-state index in [0.29, 0.717) is 11.5 Å². The van der Waals surface area contributed by atoms with E-state index in [1.54, 1.807) is 0 Å². The van der Waals surface area contributed by atoms with Crippen LogP contribution in [-0.4, -0.2) is 13.1 Å². The highest BCUT2D eigenvalue weighted by Gasteiger charge is 2.35. The summed E-state index contributed by atoms with van der Waals surface area (Å²) in [5.74, 6) is 0. The van der Waals surface area contributed by atoms with Gasteiger partial charge in [0.25, 0.3) is 0 Å². The van der Waals surface area contributed by atoms with Gasteiger partial charge in [-0.2, -0.15) is 0 Å². The summed E-state index contributed by atoms with van der Waals surface area (Å²) in [4.78, 5) is 0. The summed E-state index contributed by atoms with van der Waals surface area (Å²) in [6.45, 7) is 6.23. The Morgan fingerprint density at radius 1 is 1.43 bits per heavy atom. The summed E-state index contributed by atoms with van der Waals surface area (Å²) in [5, 5.41) is 3.51. The predicted octanol–water partition coefficient (Wildman–Crippen LogP) is 3.51. The minimum absolute atomic E-state index is 0.565. The Balaban J connectivity index is 2.39. The molecule has 82 valence electrons. The molecule has 0 aliphatic heterocycles. The molecule has 0 heterocycles. The number of unbranched alkanes of at least 4 members (excludes halogenated alkanes) is 1. The van der Waals surface area contributed by atoms with Crippen molar-refractivity contribution in [3.8, 4) is 0 Å². The first-order valence-corrected chi connectivity index (χ1v) is 6.01. The molecule has 1 aliphatic rings. The lowest BCUT2D eigenvalue weighted by Gasteiger charge is -2.34. The second-order valence-electron chi connectivity index (χ2n) is 4.92. The van der Waals surface area contributed by atoms with E-state index in [-0.39, 0.29) is 0 Å². The minimum Gasteiger partial charge on any atom is -0.316 e. The van der Waals surface area contributed by atoms with Crippen molar-refractivity contribution in [3.63, 3.8) is 0 Å². The average molecular weight is 195 g/mol. The minimum atomic E-state index is 0.565. The summed E-state index contributed by atoms with van der Waals surface area (Å²) in [5.41, 5.74) is 0.565. The van der Waals surface area contributed by atoms with Gasteiger partial charge in [-0.3, -0.25) is 0 Å². The molecule has 0 amide bonds. The molecule has 14 heavy (non-hydrogen) atoms. The van der Waals surface area contributed by atoms with Crippen molar-refractivity contribution in [2.75, 3.05) is 7.05 Å². The van der Waals surface area contributed by atoms with E-state index in [4.69, 9.17) is 0 Å². The maximum absolute atomic E-state index is 3.78. The second kappa shape index (κ2) is 5.55. The van der Waals surface area contributed by atoms with Crippen LogP contribution in [0, 0.1) is 5.41 Å². The van der Waals surface area contributed by atoms with Crippen molar-refractivity contribution in [2.24, 2.45) is 5.41 Å². The van der Waals surface area contributed by atoms with E-state index >= 15 is 0 Å². The van der Waals surface area contributed by atoms with E-state index in [9.17, 15) is 0 Å². The van der Waals surface area contributed by atoms with Crippen LogP contribution in [0.15, 0.2) is 12.7 Å². The summed E-state index contributed by atoms with van der Waals surface area (Å²) in [7, 11) is 2.11. The van der Waals surface area contributed by atoms with Gasteiger partial charge in [0.05, 0.1) is 0 Å². The molecule has 0 radical (unpaired) electrons. The van der Waals surface area contributed by atoms with Crippen LogP contribution in [0.2, 0.25) is 0 Å². The first-order valence-electron chi connectivity index (χ1n) is 6.01. The Morgan fingerprint density at radius 2 is 2.07 bits per heavy atom. The monoisotopic (exact) mass is 195 g/mol. The molecule has 0 spiro atoms. The van der Waals surface area contributed by atoms with Crippen LogP contribution < -0.4 is 5.32 Å². The predicted molar refractivity (Wildman–Crippen MR) is 63.5 cm³/mol. The third-order valence-corrected chi connectivity index (χ3v) is 3.84. The summed E-state index contributed by atoms with van der Waals surface area (Å²) >= 11 is 0. The van der Waals surface area contributed by atoms with Crippen molar-refractivity contribution >= 4 is 0 Å². The highest BCUT2D eigenvalue weighted by molar-refractivity contribution is 4.91. The van der Waals surface area contributed by atoms with Gasteiger partial charge >= 0.3 is 0 Å². The van der Waals surface area contributed by atoms with Crippen LogP contribution in [-0.2, 0) is 0 Å². The number of hydrogen-bond donors (Lipinski definition) is 1. The van der Waals surface area contributed by atoms with Crippen molar-refractivity contribution in [1.82, 2.24) is 5.32 Å². The largest absolute Gasteiger partial charge is 0.316 e. The lowest BCUT2D eigenvalue weighted by atomic mass is 9.78. The molecular formula is C13H25N. The molecule has 0 saturated heterocycles. The first kappa shape index (κ1) is 11.8. The van der Waals surface area contributed by atoms with Crippen LogP contribution in [0.5, 0.6) is 0 Å². The molecule has 1 atom stereocenters. The molecule has 0 bridgehead atoms. The molecular weight excluding hydrogens is 170 g/mol. The zero-order valence-electron chi connectivity index (χ0n) is 9.81. The van der Waals surface area contributed by atoms with Gasteiger partial charge in [0.15, 0.2) is 0 Å². The number of hydrogen-bond acceptors (Lipinski definition) is 1. The summed E-state index contributed by atoms with van der Waals surface area (Å²) in [6.07, 6.45) is 11.5. The zero-order valence-corrected chi connectivity index (χ0v) is 9.81. The number of rotatable bonds is 6. The van der Waals surface area contributed by atoms with E-state index < -0.39 is 0 Å². The molecule has 1 aliphatic carbocycles. The zero-order chi connectivity index (χ0) is 10.4. The van der Waals surface area contributed by atoms with E-state index in [0.717, 1.165) is 6.42 Å². The Kier molecular flexibility index (Phi) is 4.67. The van der Waals surface area contributed by atoms with Gasteiger partial charge in [-0.15, -0.1) is 6.58 Å². The maximum Gasteiger partial charge on any atom is 0.0118 e. The highest BCUT2D eigenvalue weighted by atomic mass is 14.9. The Labute approximate surface area is 89.0 Å². The van der Waals surface area contributed by atoms with Crippen LogP contribution in [0.25, 0.3) is 0 Å². The van der Waals surface area contributed by atoms with Gasteiger partial charge in [0, 0.05) is 6.04 Å². The molecule has 1 fully saturated rings. The van der Waals surface area contributed by atoms with Crippen molar-refractivity contribution in [3.05, 3.63) is 12.7 Å². The SMILES string of the molecule is C=CCCCC(NC)C1(C)CCCC1. The van der Waals surface area contributed by atoms with Gasteiger partial charge in [-0.05, 0) is 44.6 Å². The van der Waals surface area contributed by atoms with E-state index in [1.807, 2.05) is 6.08 Å².